The second kappa shape index (κ2) is 9.05. The number of aromatic carboxylic acids is 1. The van der Waals surface area contributed by atoms with Gasteiger partial charge in [-0.05, 0) is 37.1 Å². The summed E-state index contributed by atoms with van der Waals surface area (Å²) in [6.07, 6.45) is 1.88. The van der Waals surface area contributed by atoms with E-state index in [0.717, 1.165) is 5.56 Å². The minimum absolute atomic E-state index is 0.143. The van der Waals surface area contributed by atoms with E-state index in [9.17, 15) is 9.59 Å². The predicted molar refractivity (Wildman–Crippen MR) is 96.4 cm³/mol. The number of pyridine rings is 1. The van der Waals surface area contributed by atoms with Crippen molar-refractivity contribution in [3.8, 4) is 11.6 Å². The summed E-state index contributed by atoms with van der Waals surface area (Å²) in [5.74, 6) is -0.592. The molecule has 2 aromatic rings. The van der Waals surface area contributed by atoms with E-state index in [0.29, 0.717) is 30.9 Å². The lowest BCUT2D eigenvalue weighted by atomic mass is 10.1. The lowest BCUT2D eigenvalue weighted by molar-refractivity contribution is 0.0696. The quantitative estimate of drug-likeness (QED) is 0.733. The Morgan fingerprint density at radius 1 is 1.27 bits per heavy atom. The van der Waals surface area contributed by atoms with E-state index in [1.807, 2.05) is 6.92 Å². The number of hydrogen-bond acceptors (Lipinski definition) is 5. The molecule has 138 valence electrons. The van der Waals surface area contributed by atoms with Crippen LogP contribution in [0.4, 0.5) is 0 Å². The van der Waals surface area contributed by atoms with E-state index in [-0.39, 0.29) is 22.4 Å². The van der Waals surface area contributed by atoms with Crippen molar-refractivity contribution in [2.24, 2.45) is 0 Å². The molecule has 0 unspecified atom stereocenters. The van der Waals surface area contributed by atoms with Gasteiger partial charge in [0.25, 0.3) is 5.91 Å². The Balaban J connectivity index is 1.98. The van der Waals surface area contributed by atoms with Crippen LogP contribution in [-0.4, -0.2) is 42.2 Å². The summed E-state index contributed by atoms with van der Waals surface area (Å²) in [4.78, 5) is 27.2. The van der Waals surface area contributed by atoms with Crippen LogP contribution in [0.2, 0.25) is 5.02 Å². The molecule has 1 amide bonds. The third-order valence-electron chi connectivity index (χ3n) is 3.56. The number of carbonyl (C=O) groups is 2. The Bertz CT molecular complexity index is 810. The average Bonchev–Trinajstić information content (AvgIpc) is 2.63. The number of rotatable bonds is 8. The lowest BCUT2D eigenvalue weighted by Crippen LogP contribution is -2.26. The fourth-order valence-corrected chi connectivity index (χ4v) is 2.51. The molecule has 8 heteroatoms. The first-order valence-electron chi connectivity index (χ1n) is 7.93. The number of nitrogens with zero attached hydrogens (tertiary/aromatic N) is 1. The van der Waals surface area contributed by atoms with Crippen LogP contribution in [0.1, 0.15) is 33.2 Å². The number of nitrogens with one attached hydrogen (secondary N) is 1. The normalized spacial score (nSPS) is 10.3. The van der Waals surface area contributed by atoms with Crippen molar-refractivity contribution in [2.75, 3.05) is 20.3 Å². The minimum atomic E-state index is -1.02. The van der Waals surface area contributed by atoms with Crippen molar-refractivity contribution in [3.05, 3.63) is 52.2 Å². The first-order chi connectivity index (χ1) is 12.5. The molecule has 0 bridgehead atoms. The Morgan fingerprint density at radius 3 is 2.65 bits per heavy atom. The zero-order valence-corrected chi connectivity index (χ0v) is 15.2. The minimum Gasteiger partial charge on any atom is -0.496 e. The molecule has 1 heterocycles. The maximum Gasteiger partial charge on any atom is 0.335 e. The van der Waals surface area contributed by atoms with Crippen LogP contribution in [0.15, 0.2) is 30.5 Å². The molecule has 0 saturated heterocycles. The lowest BCUT2D eigenvalue weighted by Gasteiger charge is -2.11. The van der Waals surface area contributed by atoms with Gasteiger partial charge in [-0.2, -0.15) is 0 Å². The molecular weight excluding hydrogens is 360 g/mol. The van der Waals surface area contributed by atoms with Gasteiger partial charge in [-0.15, -0.1) is 0 Å². The van der Waals surface area contributed by atoms with Gasteiger partial charge in [0.1, 0.15) is 10.8 Å². The SMILES string of the molecule is CCOc1ncc(C(=O)NCCc2ccc(C(=O)O)cc2OC)cc1Cl. The molecule has 1 aromatic carbocycles. The molecule has 0 atom stereocenters. The van der Waals surface area contributed by atoms with Crippen LogP contribution in [0.5, 0.6) is 11.6 Å². The standard InChI is InChI=1S/C18H19ClN2O5/c1-3-26-17-14(19)8-13(10-21-17)16(22)20-7-6-11-4-5-12(18(23)24)9-15(11)25-2/h4-5,8-10H,3,6-7H2,1-2H3,(H,20,22)(H,23,24). The number of carboxylic acid groups (broad SMARTS) is 1. The van der Waals surface area contributed by atoms with E-state index in [1.54, 1.807) is 6.07 Å². The van der Waals surface area contributed by atoms with Gasteiger partial charge in [0.15, 0.2) is 0 Å². The molecular formula is C18H19ClN2O5. The van der Waals surface area contributed by atoms with E-state index in [4.69, 9.17) is 26.2 Å². The number of halogens is 1. The number of carbonyl (C=O) groups excluding carboxylic acids is 1. The molecule has 0 saturated carbocycles. The summed E-state index contributed by atoms with van der Waals surface area (Å²) in [6, 6.07) is 6.12. The molecule has 0 radical (unpaired) electrons. The maximum atomic E-state index is 12.2. The monoisotopic (exact) mass is 378 g/mol. The number of methoxy groups -OCH3 is 1. The summed E-state index contributed by atoms with van der Waals surface area (Å²) in [5.41, 5.74) is 1.26. The first-order valence-corrected chi connectivity index (χ1v) is 8.30. The molecule has 0 fully saturated rings. The highest BCUT2D eigenvalue weighted by Gasteiger charge is 2.12. The molecule has 7 nitrogen and oxygen atoms in total. The predicted octanol–water partition coefficient (Wildman–Crippen LogP) is 2.81. The topological polar surface area (TPSA) is 97.8 Å². The molecule has 0 aliphatic rings. The summed E-state index contributed by atoms with van der Waals surface area (Å²) < 4.78 is 10.4. The molecule has 0 spiro atoms. The highest BCUT2D eigenvalue weighted by molar-refractivity contribution is 6.32. The van der Waals surface area contributed by atoms with Crippen LogP contribution in [0.3, 0.4) is 0 Å². The summed E-state index contributed by atoms with van der Waals surface area (Å²) >= 11 is 6.03. The third kappa shape index (κ3) is 4.86. The van der Waals surface area contributed by atoms with E-state index in [1.165, 1.54) is 31.5 Å². The highest BCUT2D eigenvalue weighted by Crippen LogP contribution is 2.23. The number of benzene rings is 1. The van der Waals surface area contributed by atoms with Crippen LogP contribution in [-0.2, 0) is 6.42 Å². The van der Waals surface area contributed by atoms with Crippen molar-refractivity contribution in [3.63, 3.8) is 0 Å². The number of ether oxygens (including phenoxy) is 2. The van der Waals surface area contributed by atoms with E-state index < -0.39 is 5.97 Å². The van der Waals surface area contributed by atoms with Gasteiger partial charge in [0.05, 0.1) is 24.8 Å². The van der Waals surface area contributed by atoms with Crippen molar-refractivity contribution in [2.45, 2.75) is 13.3 Å². The van der Waals surface area contributed by atoms with Gasteiger partial charge in [-0.3, -0.25) is 4.79 Å². The maximum absolute atomic E-state index is 12.2. The fraction of sp³-hybridized carbons (Fsp3) is 0.278. The molecule has 2 rings (SSSR count). The van der Waals surface area contributed by atoms with Gasteiger partial charge in [-0.1, -0.05) is 17.7 Å². The number of carboxylic acids is 1. The second-order valence-corrected chi connectivity index (χ2v) is 5.69. The zero-order chi connectivity index (χ0) is 19.1. The van der Waals surface area contributed by atoms with Crippen LogP contribution < -0.4 is 14.8 Å². The van der Waals surface area contributed by atoms with Crippen molar-refractivity contribution < 1.29 is 24.2 Å². The van der Waals surface area contributed by atoms with Gasteiger partial charge in [-0.25, -0.2) is 9.78 Å². The van der Waals surface area contributed by atoms with Crippen LogP contribution >= 0.6 is 11.6 Å². The Hall–Kier alpha value is -2.80. The van der Waals surface area contributed by atoms with E-state index >= 15 is 0 Å². The largest absolute Gasteiger partial charge is 0.496 e. The number of hydrogen-bond donors (Lipinski definition) is 2. The molecule has 0 aliphatic carbocycles. The number of aromatic nitrogens is 1. The van der Waals surface area contributed by atoms with Gasteiger partial charge < -0.3 is 19.9 Å². The summed E-state index contributed by atoms with van der Waals surface area (Å²) in [7, 11) is 1.47. The second-order valence-electron chi connectivity index (χ2n) is 5.28. The van der Waals surface area contributed by atoms with Gasteiger partial charge in [0, 0.05) is 12.7 Å². The molecule has 1 aromatic heterocycles. The zero-order valence-electron chi connectivity index (χ0n) is 14.4. The van der Waals surface area contributed by atoms with Crippen LogP contribution in [0.25, 0.3) is 0 Å². The summed E-state index contributed by atoms with van der Waals surface area (Å²) in [6.45, 7) is 2.59. The number of amides is 1. The highest BCUT2D eigenvalue weighted by atomic mass is 35.5. The van der Waals surface area contributed by atoms with Gasteiger partial charge in [0.2, 0.25) is 5.88 Å². The van der Waals surface area contributed by atoms with E-state index in [2.05, 4.69) is 10.3 Å². The van der Waals surface area contributed by atoms with Crippen molar-refractivity contribution in [1.29, 1.82) is 0 Å². The average molecular weight is 379 g/mol. The smallest absolute Gasteiger partial charge is 0.335 e. The molecule has 2 N–H and O–H groups in total. The van der Waals surface area contributed by atoms with Gasteiger partial charge >= 0.3 is 5.97 Å². The Labute approximate surface area is 155 Å². The van der Waals surface area contributed by atoms with Crippen LogP contribution in [0, 0.1) is 0 Å². The Kier molecular flexibility index (Phi) is 6.80. The molecule has 0 aliphatic heterocycles. The first kappa shape index (κ1) is 19.5. The van der Waals surface area contributed by atoms with Crippen molar-refractivity contribution >= 4 is 23.5 Å². The fourth-order valence-electron chi connectivity index (χ4n) is 2.29. The Morgan fingerprint density at radius 2 is 2.04 bits per heavy atom. The third-order valence-corrected chi connectivity index (χ3v) is 3.84. The molecule has 26 heavy (non-hydrogen) atoms. The van der Waals surface area contributed by atoms with Crippen molar-refractivity contribution in [1.82, 2.24) is 10.3 Å². The summed E-state index contributed by atoms with van der Waals surface area (Å²) in [5, 5.41) is 12.0.